The quantitative estimate of drug-likeness (QED) is 0.303. The number of likely N-dealkylation sites (tertiary alicyclic amines) is 1. The highest BCUT2D eigenvalue weighted by molar-refractivity contribution is 14.0. The molecule has 1 unspecified atom stereocenters. The lowest BCUT2D eigenvalue weighted by molar-refractivity contribution is -0.0504. The number of nitrogens with zero attached hydrogens (tertiary/aromatic N) is 2. The van der Waals surface area contributed by atoms with Gasteiger partial charge in [-0.25, -0.2) is 0 Å². The van der Waals surface area contributed by atoms with Gasteiger partial charge in [0.05, 0.1) is 6.61 Å². The van der Waals surface area contributed by atoms with Gasteiger partial charge in [0.2, 0.25) is 0 Å². The molecule has 2 N–H and O–H groups in total. The van der Waals surface area contributed by atoms with E-state index < -0.39 is 6.61 Å². The van der Waals surface area contributed by atoms with Gasteiger partial charge in [0, 0.05) is 45.4 Å². The van der Waals surface area contributed by atoms with Crippen molar-refractivity contribution >= 4 is 29.9 Å². The van der Waals surface area contributed by atoms with E-state index in [-0.39, 0.29) is 29.7 Å². The molecule has 1 aliphatic heterocycles. The third-order valence-electron chi connectivity index (χ3n) is 4.69. The normalized spacial score (nSPS) is 17.5. The van der Waals surface area contributed by atoms with Gasteiger partial charge in [-0.05, 0) is 32.4 Å². The highest BCUT2D eigenvalue weighted by Gasteiger charge is 2.24. The maximum absolute atomic E-state index is 12.6. The molecule has 1 aliphatic rings. The van der Waals surface area contributed by atoms with Gasteiger partial charge in [-0.3, -0.25) is 9.89 Å². The molecule has 0 spiro atoms. The van der Waals surface area contributed by atoms with Crippen molar-refractivity contribution < 1.29 is 18.3 Å². The van der Waals surface area contributed by atoms with Crippen LogP contribution < -0.4 is 15.4 Å². The molecular weight excluding hydrogens is 481 g/mol. The van der Waals surface area contributed by atoms with E-state index in [4.69, 9.17) is 4.74 Å². The van der Waals surface area contributed by atoms with Crippen molar-refractivity contribution in [3.63, 3.8) is 0 Å². The maximum Gasteiger partial charge on any atom is 0.387 e. The molecule has 0 aromatic heterocycles. The Labute approximate surface area is 183 Å². The molecule has 0 bridgehead atoms. The van der Waals surface area contributed by atoms with E-state index in [1.54, 1.807) is 26.3 Å². The number of aliphatic imine (C=N–C) groups is 1. The van der Waals surface area contributed by atoms with Crippen LogP contribution in [0.3, 0.4) is 0 Å². The summed E-state index contributed by atoms with van der Waals surface area (Å²) in [6.45, 7) is 2.93. The first-order chi connectivity index (χ1) is 13.0. The van der Waals surface area contributed by atoms with E-state index in [1.165, 1.54) is 6.42 Å². The minimum Gasteiger partial charge on any atom is -0.434 e. The minimum absolute atomic E-state index is 0. The molecule has 0 saturated carbocycles. The maximum atomic E-state index is 12.6. The van der Waals surface area contributed by atoms with E-state index >= 15 is 0 Å². The number of ether oxygens (including phenoxy) is 2. The van der Waals surface area contributed by atoms with Crippen molar-refractivity contribution in [3.05, 3.63) is 29.3 Å². The van der Waals surface area contributed by atoms with Crippen LogP contribution in [0.25, 0.3) is 0 Å². The number of benzene rings is 1. The summed E-state index contributed by atoms with van der Waals surface area (Å²) in [4.78, 5) is 6.64. The van der Waals surface area contributed by atoms with Gasteiger partial charge < -0.3 is 20.1 Å². The summed E-state index contributed by atoms with van der Waals surface area (Å²) in [5, 5.41) is 6.51. The molecule has 1 aromatic carbocycles. The molecule has 1 saturated heterocycles. The Morgan fingerprint density at radius 3 is 2.82 bits per heavy atom. The van der Waals surface area contributed by atoms with E-state index in [0.29, 0.717) is 24.1 Å². The molecule has 1 heterocycles. The van der Waals surface area contributed by atoms with Crippen LogP contribution in [0.15, 0.2) is 23.2 Å². The number of methoxy groups -OCH3 is 1. The molecule has 1 atom stereocenters. The molecule has 0 amide bonds. The number of aryl methyl sites for hydroxylation is 1. The smallest absolute Gasteiger partial charge is 0.387 e. The lowest BCUT2D eigenvalue weighted by Crippen LogP contribution is -2.45. The summed E-state index contributed by atoms with van der Waals surface area (Å²) >= 11 is 0. The first-order valence-electron chi connectivity index (χ1n) is 9.25. The van der Waals surface area contributed by atoms with E-state index in [2.05, 4.69) is 25.3 Å². The lowest BCUT2D eigenvalue weighted by atomic mass is 10.1. The Morgan fingerprint density at radius 1 is 1.36 bits per heavy atom. The highest BCUT2D eigenvalue weighted by atomic mass is 127. The number of alkyl halides is 2. The second-order valence-corrected chi connectivity index (χ2v) is 6.62. The Kier molecular flexibility index (Phi) is 11.6. The van der Waals surface area contributed by atoms with E-state index in [0.717, 1.165) is 38.2 Å². The Morgan fingerprint density at radius 2 is 2.14 bits per heavy atom. The SMILES string of the molecule is CN=C(NCc1cc(C)ccc1OC(F)F)NCC1CCCN1CCOC.I. The van der Waals surface area contributed by atoms with Gasteiger partial charge >= 0.3 is 6.61 Å². The average molecular weight is 512 g/mol. The van der Waals surface area contributed by atoms with Crippen molar-refractivity contribution in [1.82, 2.24) is 15.5 Å². The second kappa shape index (κ2) is 13.1. The van der Waals surface area contributed by atoms with E-state index in [1.807, 2.05) is 13.0 Å². The van der Waals surface area contributed by atoms with Crippen molar-refractivity contribution in [2.75, 3.05) is 40.4 Å². The molecule has 9 heteroatoms. The van der Waals surface area contributed by atoms with Gasteiger partial charge in [0.15, 0.2) is 5.96 Å². The standard InChI is InChI=1S/C19H30F2N4O2.HI/c1-14-6-7-17(27-18(20)21)15(11-14)12-23-19(22-2)24-13-16-5-4-8-25(16)9-10-26-3;/h6-7,11,16,18H,4-5,8-10,12-13H2,1-3H3,(H2,22,23,24);1H. The Bertz CT molecular complexity index is 620. The van der Waals surface area contributed by atoms with Gasteiger partial charge in [0.25, 0.3) is 0 Å². The fourth-order valence-electron chi connectivity index (χ4n) is 3.30. The predicted molar refractivity (Wildman–Crippen MR) is 118 cm³/mol. The summed E-state index contributed by atoms with van der Waals surface area (Å²) < 4.78 is 35.0. The topological polar surface area (TPSA) is 58.1 Å². The van der Waals surface area contributed by atoms with Crippen molar-refractivity contribution in [3.8, 4) is 5.75 Å². The van der Waals surface area contributed by atoms with Crippen molar-refractivity contribution in [2.45, 2.75) is 39.0 Å². The van der Waals surface area contributed by atoms with Crippen LogP contribution in [0.4, 0.5) is 8.78 Å². The van der Waals surface area contributed by atoms with Gasteiger partial charge in [-0.15, -0.1) is 24.0 Å². The highest BCUT2D eigenvalue weighted by Crippen LogP contribution is 2.22. The van der Waals surface area contributed by atoms with Gasteiger partial charge in [-0.1, -0.05) is 17.7 Å². The molecule has 1 fully saturated rings. The first-order valence-corrected chi connectivity index (χ1v) is 9.25. The summed E-state index contributed by atoms with van der Waals surface area (Å²) in [6.07, 6.45) is 2.32. The number of rotatable bonds is 9. The van der Waals surface area contributed by atoms with E-state index in [9.17, 15) is 8.78 Å². The first kappa shape index (κ1) is 24.8. The van der Waals surface area contributed by atoms with Crippen LogP contribution in [0.5, 0.6) is 5.75 Å². The largest absolute Gasteiger partial charge is 0.434 e. The molecule has 2 rings (SSSR count). The summed E-state index contributed by atoms with van der Waals surface area (Å²) in [6, 6.07) is 5.60. The zero-order valence-electron chi connectivity index (χ0n) is 16.7. The lowest BCUT2D eigenvalue weighted by Gasteiger charge is -2.25. The number of hydrogen-bond acceptors (Lipinski definition) is 4. The molecule has 6 nitrogen and oxygen atoms in total. The third-order valence-corrected chi connectivity index (χ3v) is 4.69. The van der Waals surface area contributed by atoms with Crippen molar-refractivity contribution in [1.29, 1.82) is 0 Å². The van der Waals surface area contributed by atoms with Crippen LogP contribution in [-0.4, -0.2) is 63.9 Å². The zero-order valence-corrected chi connectivity index (χ0v) is 19.0. The van der Waals surface area contributed by atoms with Gasteiger partial charge in [0.1, 0.15) is 5.75 Å². The molecule has 1 aromatic rings. The zero-order chi connectivity index (χ0) is 19.6. The van der Waals surface area contributed by atoms with Gasteiger partial charge in [-0.2, -0.15) is 8.78 Å². The van der Waals surface area contributed by atoms with Crippen LogP contribution in [0, 0.1) is 6.92 Å². The van der Waals surface area contributed by atoms with Crippen LogP contribution >= 0.6 is 24.0 Å². The molecule has 28 heavy (non-hydrogen) atoms. The fraction of sp³-hybridized carbons (Fsp3) is 0.632. The van der Waals surface area contributed by atoms with Crippen molar-refractivity contribution in [2.24, 2.45) is 4.99 Å². The van der Waals surface area contributed by atoms with Crippen LogP contribution in [0.1, 0.15) is 24.0 Å². The second-order valence-electron chi connectivity index (χ2n) is 6.62. The number of halogens is 3. The number of guanidine groups is 1. The predicted octanol–water partition coefficient (Wildman–Crippen LogP) is 2.99. The molecule has 160 valence electrons. The molecule has 0 aliphatic carbocycles. The molecular formula is C19H31F2IN4O2. The molecule has 0 radical (unpaired) electrons. The van der Waals surface area contributed by atoms with Crippen LogP contribution in [0.2, 0.25) is 0 Å². The number of hydrogen-bond donors (Lipinski definition) is 2. The summed E-state index contributed by atoms with van der Waals surface area (Å²) in [5.74, 6) is 0.818. The summed E-state index contributed by atoms with van der Waals surface area (Å²) in [7, 11) is 3.41. The fourth-order valence-corrected chi connectivity index (χ4v) is 3.30. The Balaban J connectivity index is 0.00000392. The minimum atomic E-state index is -2.84. The average Bonchev–Trinajstić information content (AvgIpc) is 3.09. The third kappa shape index (κ3) is 8.04. The monoisotopic (exact) mass is 512 g/mol. The summed E-state index contributed by atoms with van der Waals surface area (Å²) in [5.41, 5.74) is 1.65. The number of nitrogens with one attached hydrogen (secondary N) is 2. The van der Waals surface area contributed by atoms with Crippen LogP contribution in [-0.2, 0) is 11.3 Å². The Hall–Kier alpha value is -1.20.